The van der Waals surface area contributed by atoms with Gasteiger partial charge in [0.15, 0.2) is 17.3 Å². The van der Waals surface area contributed by atoms with E-state index < -0.39 is 5.82 Å². The molecule has 3 nitrogen and oxygen atoms in total. The van der Waals surface area contributed by atoms with Crippen molar-refractivity contribution in [2.24, 2.45) is 0 Å². The predicted molar refractivity (Wildman–Crippen MR) is 47.4 cm³/mol. The summed E-state index contributed by atoms with van der Waals surface area (Å²) in [6.45, 7) is 1.29. The molecule has 0 bridgehead atoms. The summed E-state index contributed by atoms with van der Waals surface area (Å²) in [5.74, 6) is -1.13. The molecule has 1 aromatic carbocycles. The molecule has 0 aliphatic carbocycles. The van der Waals surface area contributed by atoms with E-state index in [-0.39, 0.29) is 22.8 Å². The number of ether oxygens (including phenoxy) is 1. The maximum Gasteiger partial charge on any atom is 0.178 e. The third-order valence-electron chi connectivity index (χ3n) is 1.71. The van der Waals surface area contributed by atoms with Crippen LogP contribution in [0.25, 0.3) is 0 Å². The second-order valence-corrected chi connectivity index (χ2v) is 2.61. The number of rotatable bonds is 2. The summed E-state index contributed by atoms with van der Waals surface area (Å²) in [5.41, 5.74) is 5.60. The van der Waals surface area contributed by atoms with Crippen molar-refractivity contribution in [1.82, 2.24) is 0 Å². The van der Waals surface area contributed by atoms with Crippen LogP contribution in [0.2, 0.25) is 0 Å². The molecule has 0 fully saturated rings. The van der Waals surface area contributed by atoms with Crippen molar-refractivity contribution in [2.45, 2.75) is 6.92 Å². The topological polar surface area (TPSA) is 52.3 Å². The van der Waals surface area contributed by atoms with Gasteiger partial charge in [0.1, 0.15) is 0 Å². The maximum atomic E-state index is 13.4. The molecule has 0 atom stereocenters. The average molecular weight is 183 g/mol. The van der Waals surface area contributed by atoms with Crippen LogP contribution >= 0.6 is 0 Å². The van der Waals surface area contributed by atoms with E-state index in [9.17, 15) is 9.18 Å². The minimum absolute atomic E-state index is 0.00829. The molecule has 2 N–H and O–H groups in total. The van der Waals surface area contributed by atoms with E-state index in [4.69, 9.17) is 10.5 Å². The Morgan fingerprint density at radius 1 is 1.54 bits per heavy atom. The Hall–Kier alpha value is -1.58. The number of carbonyl (C=O) groups excluding carboxylic acids is 1. The van der Waals surface area contributed by atoms with Crippen LogP contribution in [0.15, 0.2) is 12.1 Å². The first kappa shape index (κ1) is 9.51. The van der Waals surface area contributed by atoms with Gasteiger partial charge in [0.25, 0.3) is 0 Å². The lowest BCUT2D eigenvalue weighted by atomic mass is 10.1. The highest BCUT2D eigenvalue weighted by molar-refractivity contribution is 5.95. The van der Waals surface area contributed by atoms with Crippen LogP contribution < -0.4 is 10.5 Å². The molecule has 0 aliphatic heterocycles. The Labute approximate surface area is 75.3 Å². The quantitative estimate of drug-likeness (QED) is 0.560. The molecule has 0 amide bonds. The lowest BCUT2D eigenvalue weighted by Gasteiger charge is -2.07. The fraction of sp³-hybridized carbons (Fsp3) is 0.222. The number of halogens is 1. The fourth-order valence-corrected chi connectivity index (χ4v) is 1.05. The fourth-order valence-electron chi connectivity index (χ4n) is 1.05. The van der Waals surface area contributed by atoms with Crippen molar-refractivity contribution in [3.63, 3.8) is 0 Å². The van der Waals surface area contributed by atoms with Crippen molar-refractivity contribution >= 4 is 11.5 Å². The number of nitrogen functional groups attached to an aromatic ring is 1. The summed E-state index contributed by atoms with van der Waals surface area (Å²) in [4.78, 5) is 10.9. The third kappa shape index (κ3) is 1.61. The van der Waals surface area contributed by atoms with Gasteiger partial charge in [-0.05, 0) is 19.1 Å². The Morgan fingerprint density at radius 2 is 2.15 bits per heavy atom. The van der Waals surface area contributed by atoms with Gasteiger partial charge in [-0.1, -0.05) is 0 Å². The number of hydrogen-bond donors (Lipinski definition) is 1. The largest absolute Gasteiger partial charge is 0.492 e. The SMILES string of the molecule is COc1c(N)ccc(C(C)=O)c1F. The van der Waals surface area contributed by atoms with Gasteiger partial charge in [-0.25, -0.2) is 4.39 Å². The van der Waals surface area contributed by atoms with Crippen LogP contribution in [0.5, 0.6) is 5.75 Å². The molecule has 13 heavy (non-hydrogen) atoms. The minimum atomic E-state index is -0.699. The lowest BCUT2D eigenvalue weighted by Crippen LogP contribution is -2.02. The molecule has 0 spiro atoms. The van der Waals surface area contributed by atoms with E-state index in [1.165, 1.54) is 26.2 Å². The molecule has 0 radical (unpaired) electrons. The highest BCUT2D eigenvalue weighted by Gasteiger charge is 2.14. The summed E-state index contributed by atoms with van der Waals surface area (Å²) >= 11 is 0. The van der Waals surface area contributed by atoms with Gasteiger partial charge in [0.05, 0.1) is 18.4 Å². The van der Waals surface area contributed by atoms with Crippen LogP contribution in [0.1, 0.15) is 17.3 Å². The van der Waals surface area contributed by atoms with E-state index in [1.807, 2.05) is 0 Å². The van der Waals surface area contributed by atoms with Crippen molar-refractivity contribution in [2.75, 3.05) is 12.8 Å². The summed E-state index contributed by atoms with van der Waals surface area (Å²) < 4.78 is 18.1. The number of benzene rings is 1. The Bertz CT molecular complexity index is 350. The van der Waals surface area contributed by atoms with Crippen molar-refractivity contribution in [1.29, 1.82) is 0 Å². The first-order valence-electron chi connectivity index (χ1n) is 3.70. The van der Waals surface area contributed by atoms with Crippen molar-refractivity contribution in [3.8, 4) is 5.75 Å². The van der Waals surface area contributed by atoms with E-state index in [0.717, 1.165) is 0 Å². The van der Waals surface area contributed by atoms with Gasteiger partial charge in [-0.3, -0.25) is 4.79 Å². The zero-order chi connectivity index (χ0) is 10.0. The minimum Gasteiger partial charge on any atom is -0.492 e. The standard InChI is InChI=1S/C9H10FNO2/c1-5(12)6-3-4-7(11)9(13-2)8(6)10/h3-4H,11H2,1-2H3. The van der Waals surface area contributed by atoms with Gasteiger partial charge >= 0.3 is 0 Å². The molecule has 0 saturated carbocycles. The second-order valence-electron chi connectivity index (χ2n) is 2.61. The normalized spacial score (nSPS) is 9.77. The van der Waals surface area contributed by atoms with Crippen molar-refractivity contribution in [3.05, 3.63) is 23.5 Å². The maximum absolute atomic E-state index is 13.4. The van der Waals surface area contributed by atoms with Crippen LogP contribution in [0, 0.1) is 5.82 Å². The number of hydrogen-bond acceptors (Lipinski definition) is 3. The molecular formula is C9H10FNO2. The summed E-state index contributed by atoms with van der Waals surface area (Å²) in [6, 6.07) is 2.79. The molecule has 0 unspecified atom stereocenters. The van der Waals surface area contributed by atoms with Gasteiger partial charge in [0.2, 0.25) is 0 Å². The second kappa shape index (κ2) is 3.43. The molecule has 0 saturated heterocycles. The third-order valence-corrected chi connectivity index (χ3v) is 1.71. The predicted octanol–water partition coefficient (Wildman–Crippen LogP) is 1.62. The molecule has 4 heteroatoms. The van der Waals surface area contributed by atoms with Gasteiger partial charge in [-0.15, -0.1) is 0 Å². The van der Waals surface area contributed by atoms with E-state index in [1.54, 1.807) is 0 Å². The number of Topliss-reactive ketones (excluding diaryl/α,β-unsaturated/α-hetero) is 1. The first-order valence-corrected chi connectivity index (χ1v) is 3.70. The monoisotopic (exact) mass is 183 g/mol. The summed E-state index contributed by atoms with van der Waals surface area (Å²) in [6.07, 6.45) is 0. The molecule has 70 valence electrons. The summed E-state index contributed by atoms with van der Waals surface area (Å²) in [5, 5.41) is 0. The van der Waals surface area contributed by atoms with Gasteiger partial charge in [-0.2, -0.15) is 0 Å². The van der Waals surface area contributed by atoms with Crippen LogP contribution in [-0.2, 0) is 0 Å². The lowest BCUT2D eigenvalue weighted by molar-refractivity contribution is 0.101. The number of ketones is 1. The Kier molecular flexibility index (Phi) is 2.51. The van der Waals surface area contributed by atoms with E-state index in [2.05, 4.69) is 0 Å². The molecule has 0 heterocycles. The van der Waals surface area contributed by atoms with Crippen molar-refractivity contribution < 1.29 is 13.9 Å². The highest BCUT2D eigenvalue weighted by atomic mass is 19.1. The highest BCUT2D eigenvalue weighted by Crippen LogP contribution is 2.27. The molecule has 0 aromatic heterocycles. The van der Waals surface area contributed by atoms with E-state index >= 15 is 0 Å². The van der Waals surface area contributed by atoms with Gasteiger partial charge in [0, 0.05) is 0 Å². The van der Waals surface area contributed by atoms with Crippen LogP contribution in [-0.4, -0.2) is 12.9 Å². The Balaban J connectivity index is 3.35. The smallest absolute Gasteiger partial charge is 0.178 e. The molecule has 1 aromatic rings. The number of anilines is 1. The number of methoxy groups -OCH3 is 1. The number of nitrogens with two attached hydrogens (primary N) is 1. The molecule has 1 rings (SSSR count). The first-order chi connectivity index (χ1) is 6.07. The molecule has 0 aliphatic rings. The number of carbonyl (C=O) groups is 1. The van der Waals surface area contributed by atoms with E-state index in [0.29, 0.717) is 0 Å². The average Bonchev–Trinajstić information content (AvgIpc) is 2.04. The molecular weight excluding hydrogens is 173 g/mol. The zero-order valence-corrected chi connectivity index (χ0v) is 7.43. The van der Waals surface area contributed by atoms with Crippen LogP contribution in [0.4, 0.5) is 10.1 Å². The van der Waals surface area contributed by atoms with Gasteiger partial charge < -0.3 is 10.5 Å². The Morgan fingerprint density at radius 3 is 2.62 bits per heavy atom. The summed E-state index contributed by atoms with van der Waals surface area (Å²) in [7, 11) is 1.30. The zero-order valence-electron chi connectivity index (χ0n) is 7.43. The van der Waals surface area contributed by atoms with Crippen LogP contribution in [0.3, 0.4) is 0 Å².